The molecule has 0 aromatic carbocycles. The molecule has 0 unspecified atom stereocenters. The molecule has 1 aliphatic carbocycles. The van der Waals surface area contributed by atoms with Gasteiger partial charge in [0.15, 0.2) is 0 Å². The highest BCUT2D eigenvalue weighted by Crippen LogP contribution is 2.22. The largest absolute Gasteiger partial charge is 0.392 e. The van der Waals surface area contributed by atoms with E-state index in [-0.39, 0.29) is 6.10 Å². The number of aliphatic hydroxyl groups is 1. The van der Waals surface area contributed by atoms with Crippen LogP contribution in [0.4, 0.5) is 0 Å². The van der Waals surface area contributed by atoms with E-state index in [4.69, 9.17) is 0 Å². The average Bonchev–Trinajstić information content (AvgIpc) is 1.92. The van der Waals surface area contributed by atoms with E-state index < -0.39 is 0 Å². The van der Waals surface area contributed by atoms with Gasteiger partial charge < -0.3 is 5.11 Å². The maximum absolute atomic E-state index is 9.48. The molecule has 1 aliphatic rings. The zero-order valence-corrected chi connectivity index (χ0v) is 8.38. The molecule has 0 spiro atoms. The number of rotatable bonds is 0. The Morgan fingerprint density at radius 1 is 1.00 bits per heavy atom. The van der Waals surface area contributed by atoms with Gasteiger partial charge in [-0.3, -0.25) is 0 Å². The van der Waals surface area contributed by atoms with Crippen molar-refractivity contribution in [1.82, 2.24) is 0 Å². The second kappa shape index (κ2) is 4.54. The van der Waals surface area contributed by atoms with Crippen LogP contribution in [-0.4, -0.2) is 15.1 Å². The Hall–Kier alpha value is 0.690. The number of halogens is 1. The summed E-state index contributed by atoms with van der Waals surface area (Å²) in [6, 6.07) is 0. The fraction of sp³-hybridized carbons (Fsp3) is 1.00. The van der Waals surface area contributed by atoms with Crippen LogP contribution in [0.1, 0.15) is 38.5 Å². The minimum absolute atomic E-state index is 0.0269. The number of hydrogen-bond acceptors (Lipinski definition) is 1. The number of alkyl halides is 1. The summed E-state index contributed by atoms with van der Waals surface area (Å²) in [4.78, 5) is 0. The van der Waals surface area contributed by atoms with Gasteiger partial charge >= 0.3 is 0 Å². The van der Waals surface area contributed by atoms with Crippen LogP contribution in [0.2, 0.25) is 0 Å². The van der Waals surface area contributed by atoms with Gasteiger partial charge in [0.25, 0.3) is 0 Å². The summed E-state index contributed by atoms with van der Waals surface area (Å²) in [5.41, 5.74) is 0. The quantitative estimate of drug-likeness (QED) is 0.520. The van der Waals surface area contributed by atoms with Crippen molar-refractivity contribution in [3.63, 3.8) is 0 Å². The molecule has 0 amide bonds. The van der Waals surface area contributed by atoms with Crippen LogP contribution in [0, 0.1) is 0 Å². The third-order valence-electron chi connectivity index (χ3n) is 2.15. The summed E-state index contributed by atoms with van der Waals surface area (Å²) in [7, 11) is 0. The molecule has 1 rings (SSSR count). The van der Waals surface area contributed by atoms with Gasteiger partial charge in [-0.25, -0.2) is 0 Å². The predicted molar refractivity (Wildman–Crippen MR) is 51.5 cm³/mol. The molecule has 2 atom stereocenters. The van der Waals surface area contributed by atoms with E-state index >= 15 is 0 Å². The highest BCUT2D eigenvalue weighted by molar-refractivity contribution is 14.1. The molecule has 1 fully saturated rings. The molecule has 1 saturated carbocycles. The van der Waals surface area contributed by atoms with Gasteiger partial charge in [0, 0.05) is 3.92 Å². The lowest BCUT2D eigenvalue weighted by atomic mass is 9.99. The molecule has 0 saturated heterocycles. The first-order valence-electron chi connectivity index (χ1n) is 4.13. The molecule has 0 heterocycles. The van der Waals surface area contributed by atoms with Gasteiger partial charge in [0.2, 0.25) is 0 Å². The fourth-order valence-corrected chi connectivity index (χ4v) is 2.22. The van der Waals surface area contributed by atoms with Crippen molar-refractivity contribution in [2.75, 3.05) is 0 Å². The minimum Gasteiger partial charge on any atom is -0.392 e. The number of hydrogen-bond donors (Lipinski definition) is 1. The highest BCUT2D eigenvalue weighted by Gasteiger charge is 2.16. The maximum atomic E-state index is 9.48. The SMILES string of the molecule is O[C@H]1CCCCCC[C@@H]1I. The summed E-state index contributed by atoms with van der Waals surface area (Å²) >= 11 is 2.37. The molecular weight excluding hydrogens is 239 g/mol. The zero-order chi connectivity index (χ0) is 7.40. The van der Waals surface area contributed by atoms with E-state index in [1.165, 1.54) is 32.1 Å². The van der Waals surface area contributed by atoms with Crippen molar-refractivity contribution in [1.29, 1.82) is 0 Å². The first-order valence-corrected chi connectivity index (χ1v) is 5.37. The summed E-state index contributed by atoms with van der Waals surface area (Å²) in [5, 5.41) is 9.48. The lowest BCUT2D eigenvalue weighted by molar-refractivity contribution is 0.153. The van der Waals surface area contributed by atoms with E-state index in [1.807, 2.05) is 0 Å². The molecule has 0 aliphatic heterocycles. The van der Waals surface area contributed by atoms with E-state index in [2.05, 4.69) is 22.6 Å². The third kappa shape index (κ3) is 2.74. The van der Waals surface area contributed by atoms with Gasteiger partial charge in [-0.05, 0) is 12.8 Å². The first-order chi connectivity index (χ1) is 4.80. The van der Waals surface area contributed by atoms with Crippen molar-refractivity contribution < 1.29 is 5.11 Å². The second-order valence-corrected chi connectivity index (χ2v) is 4.67. The lowest BCUT2D eigenvalue weighted by Gasteiger charge is -2.19. The summed E-state index contributed by atoms with van der Waals surface area (Å²) in [5.74, 6) is 0. The number of aliphatic hydroxyl groups excluding tert-OH is 1. The van der Waals surface area contributed by atoms with Crippen LogP contribution in [0.15, 0.2) is 0 Å². The molecule has 0 aromatic heterocycles. The van der Waals surface area contributed by atoms with Crippen LogP contribution in [0.25, 0.3) is 0 Å². The second-order valence-electron chi connectivity index (χ2n) is 3.07. The molecule has 0 aromatic rings. The summed E-state index contributed by atoms with van der Waals surface area (Å²) in [6.45, 7) is 0. The van der Waals surface area contributed by atoms with Crippen LogP contribution in [0.3, 0.4) is 0 Å². The third-order valence-corrected chi connectivity index (χ3v) is 3.60. The molecule has 0 bridgehead atoms. The van der Waals surface area contributed by atoms with Crippen LogP contribution in [0.5, 0.6) is 0 Å². The Labute approximate surface area is 76.3 Å². The van der Waals surface area contributed by atoms with Crippen molar-refractivity contribution >= 4 is 22.6 Å². The van der Waals surface area contributed by atoms with E-state index in [0.717, 1.165) is 6.42 Å². The van der Waals surface area contributed by atoms with Crippen LogP contribution >= 0.6 is 22.6 Å². The molecule has 1 N–H and O–H groups in total. The van der Waals surface area contributed by atoms with Crippen molar-refractivity contribution in [2.24, 2.45) is 0 Å². The Morgan fingerprint density at radius 2 is 1.60 bits per heavy atom. The monoisotopic (exact) mass is 254 g/mol. The highest BCUT2D eigenvalue weighted by atomic mass is 127. The van der Waals surface area contributed by atoms with Crippen LogP contribution < -0.4 is 0 Å². The Morgan fingerprint density at radius 3 is 2.30 bits per heavy atom. The van der Waals surface area contributed by atoms with Gasteiger partial charge in [-0.15, -0.1) is 0 Å². The predicted octanol–water partition coefficient (Wildman–Crippen LogP) is 2.51. The summed E-state index contributed by atoms with van der Waals surface area (Å²) in [6.07, 6.45) is 7.42. The van der Waals surface area contributed by atoms with Crippen molar-refractivity contribution in [2.45, 2.75) is 48.6 Å². The normalized spacial score (nSPS) is 36.6. The minimum atomic E-state index is -0.0269. The Bertz CT molecular complexity index is 83.3. The fourth-order valence-electron chi connectivity index (χ4n) is 1.42. The first kappa shape index (κ1) is 8.78. The lowest BCUT2D eigenvalue weighted by Crippen LogP contribution is -2.21. The van der Waals surface area contributed by atoms with E-state index in [1.54, 1.807) is 0 Å². The zero-order valence-electron chi connectivity index (χ0n) is 6.22. The van der Waals surface area contributed by atoms with Crippen molar-refractivity contribution in [3.8, 4) is 0 Å². The van der Waals surface area contributed by atoms with Gasteiger partial charge in [0.1, 0.15) is 0 Å². The van der Waals surface area contributed by atoms with E-state index in [0.29, 0.717) is 3.92 Å². The maximum Gasteiger partial charge on any atom is 0.0657 e. The van der Waals surface area contributed by atoms with Crippen molar-refractivity contribution in [3.05, 3.63) is 0 Å². The molecule has 2 heteroatoms. The molecule has 1 nitrogen and oxygen atoms in total. The molecule has 0 radical (unpaired) electrons. The molecule has 60 valence electrons. The van der Waals surface area contributed by atoms with Gasteiger partial charge in [-0.2, -0.15) is 0 Å². The molecular formula is C8H15IO. The summed E-state index contributed by atoms with van der Waals surface area (Å²) < 4.78 is 0.512. The van der Waals surface area contributed by atoms with E-state index in [9.17, 15) is 5.11 Å². The van der Waals surface area contributed by atoms with Gasteiger partial charge in [-0.1, -0.05) is 48.3 Å². The topological polar surface area (TPSA) is 20.2 Å². The Balaban J connectivity index is 2.28. The smallest absolute Gasteiger partial charge is 0.0657 e. The standard InChI is InChI=1S/C8H15IO/c9-7-5-3-1-2-4-6-8(7)10/h7-8,10H,1-6H2/t7-,8-/m0/s1. The van der Waals surface area contributed by atoms with Crippen LogP contribution in [-0.2, 0) is 0 Å². The average molecular weight is 254 g/mol. The molecule has 10 heavy (non-hydrogen) atoms. The Kier molecular flexibility index (Phi) is 3.99. The van der Waals surface area contributed by atoms with Gasteiger partial charge in [0.05, 0.1) is 6.10 Å².